The summed E-state index contributed by atoms with van der Waals surface area (Å²) in [5, 5.41) is 7.68. The maximum atomic E-state index is 12.5. The highest BCUT2D eigenvalue weighted by Crippen LogP contribution is 2.36. The van der Waals surface area contributed by atoms with Crippen LogP contribution in [0.5, 0.6) is 5.75 Å². The third-order valence-corrected chi connectivity index (χ3v) is 5.17. The van der Waals surface area contributed by atoms with Crippen molar-refractivity contribution >= 4 is 23.5 Å². The van der Waals surface area contributed by atoms with Gasteiger partial charge in [0.2, 0.25) is 0 Å². The maximum Gasteiger partial charge on any atom is 0.263 e. The quantitative estimate of drug-likeness (QED) is 0.744. The first-order valence-corrected chi connectivity index (χ1v) is 9.59. The summed E-state index contributed by atoms with van der Waals surface area (Å²) < 4.78 is 7.40. The Labute approximate surface area is 156 Å². The van der Waals surface area contributed by atoms with Crippen LogP contribution in [0.3, 0.4) is 0 Å². The molecule has 6 heteroatoms. The Morgan fingerprint density at radius 1 is 1.15 bits per heavy atom. The lowest BCUT2D eigenvalue weighted by molar-refractivity contribution is -0.118. The Kier molecular flexibility index (Phi) is 4.67. The van der Waals surface area contributed by atoms with Crippen molar-refractivity contribution < 1.29 is 9.53 Å². The predicted octanol–water partition coefficient (Wildman–Crippen LogP) is 3.95. The molecule has 0 saturated carbocycles. The van der Waals surface area contributed by atoms with Gasteiger partial charge in [-0.3, -0.25) is 4.79 Å². The zero-order valence-corrected chi connectivity index (χ0v) is 15.3. The molecule has 2 heterocycles. The number of anilines is 1. The van der Waals surface area contributed by atoms with Crippen molar-refractivity contribution in [3.63, 3.8) is 0 Å². The molecule has 1 aliphatic rings. The van der Waals surface area contributed by atoms with Crippen molar-refractivity contribution in [1.82, 2.24) is 9.78 Å². The van der Waals surface area contributed by atoms with Crippen molar-refractivity contribution in [3.05, 3.63) is 71.4 Å². The predicted molar refractivity (Wildman–Crippen MR) is 104 cm³/mol. The number of hydrogen-bond acceptors (Lipinski definition) is 4. The minimum absolute atomic E-state index is 0.0368. The lowest BCUT2D eigenvalue weighted by Gasteiger charge is -2.11. The Bertz CT molecular complexity index is 920. The monoisotopic (exact) mass is 365 g/mol. The standard InChI is InChI=1S/C20H19N3O2S/c1-14-7-9-16(10-8-14)25-11-19(24)21-20-17-12-26-13-18(17)22-23(20)15-5-3-2-4-6-15/h2-10H,11-13H2,1H3,(H,21,24). The third kappa shape index (κ3) is 3.46. The Balaban J connectivity index is 1.52. The number of ether oxygens (including phenoxy) is 1. The van der Waals surface area contributed by atoms with Crippen LogP contribution < -0.4 is 10.1 Å². The Morgan fingerprint density at radius 3 is 2.69 bits per heavy atom. The van der Waals surface area contributed by atoms with E-state index in [1.54, 1.807) is 0 Å². The van der Waals surface area contributed by atoms with E-state index in [2.05, 4.69) is 10.4 Å². The van der Waals surface area contributed by atoms with Crippen LogP contribution in [0, 0.1) is 6.92 Å². The fraction of sp³-hybridized carbons (Fsp3) is 0.200. The molecule has 3 aromatic rings. The summed E-state index contributed by atoms with van der Waals surface area (Å²) in [5.74, 6) is 2.97. The van der Waals surface area contributed by atoms with Crippen molar-refractivity contribution in [1.29, 1.82) is 0 Å². The molecule has 5 nitrogen and oxygen atoms in total. The summed E-state index contributed by atoms with van der Waals surface area (Å²) in [5.41, 5.74) is 4.22. The van der Waals surface area contributed by atoms with E-state index in [9.17, 15) is 4.79 Å². The number of thioether (sulfide) groups is 1. The van der Waals surface area contributed by atoms with Crippen molar-refractivity contribution in [2.75, 3.05) is 11.9 Å². The SMILES string of the molecule is Cc1ccc(OCC(=O)Nc2c3c(nn2-c2ccccc2)CSC3)cc1. The van der Waals surface area contributed by atoms with Gasteiger partial charge in [-0.15, -0.1) is 0 Å². The van der Waals surface area contributed by atoms with Crippen LogP contribution in [-0.4, -0.2) is 22.3 Å². The van der Waals surface area contributed by atoms with Gasteiger partial charge in [0.05, 0.1) is 11.4 Å². The molecule has 1 amide bonds. The van der Waals surface area contributed by atoms with Gasteiger partial charge in [0.1, 0.15) is 11.6 Å². The van der Waals surface area contributed by atoms with Crippen molar-refractivity contribution in [3.8, 4) is 11.4 Å². The third-order valence-electron chi connectivity index (χ3n) is 4.20. The van der Waals surface area contributed by atoms with Crippen LogP contribution in [0.25, 0.3) is 5.69 Å². The van der Waals surface area contributed by atoms with Gasteiger partial charge in [-0.25, -0.2) is 4.68 Å². The number of amides is 1. The average molecular weight is 365 g/mol. The molecule has 1 aromatic heterocycles. The number of nitrogens with one attached hydrogen (secondary N) is 1. The highest BCUT2D eigenvalue weighted by atomic mass is 32.2. The minimum Gasteiger partial charge on any atom is -0.484 e. The first kappa shape index (κ1) is 16.7. The van der Waals surface area contributed by atoms with Gasteiger partial charge in [-0.05, 0) is 31.2 Å². The number of carbonyl (C=O) groups excluding carboxylic acids is 1. The molecule has 0 atom stereocenters. The molecule has 1 N–H and O–H groups in total. The normalized spacial score (nSPS) is 12.7. The van der Waals surface area contributed by atoms with Crippen LogP contribution in [0.1, 0.15) is 16.8 Å². The molecule has 132 valence electrons. The lowest BCUT2D eigenvalue weighted by atomic mass is 10.2. The second-order valence-corrected chi connectivity index (χ2v) is 7.15. The lowest BCUT2D eigenvalue weighted by Crippen LogP contribution is -2.22. The molecule has 26 heavy (non-hydrogen) atoms. The summed E-state index contributed by atoms with van der Waals surface area (Å²) in [7, 11) is 0. The summed E-state index contributed by atoms with van der Waals surface area (Å²) in [6.45, 7) is 1.98. The van der Waals surface area contributed by atoms with Gasteiger partial charge in [0.25, 0.3) is 5.91 Å². The van der Waals surface area contributed by atoms with E-state index in [-0.39, 0.29) is 12.5 Å². The zero-order valence-electron chi connectivity index (χ0n) is 14.4. The molecule has 0 unspecified atom stereocenters. The van der Waals surface area contributed by atoms with E-state index in [4.69, 9.17) is 4.74 Å². The molecule has 0 spiro atoms. The van der Waals surface area contributed by atoms with E-state index in [0.29, 0.717) is 5.75 Å². The smallest absolute Gasteiger partial charge is 0.263 e. The van der Waals surface area contributed by atoms with E-state index in [0.717, 1.165) is 39.8 Å². The van der Waals surface area contributed by atoms with E-state index in [1.165, 1.54) is 0 Å². The van der Waals surface area contributed by atoms with E-state index < -0.39 is 0 Å². The van der Waals surface area contributed by atoms with Crippen LogP contribution in [-0.2, 0) is 16.3 Å². The summed E-state index contributed by atoms with van der Waals surface area (Å²) >= 11 is 1.81. The van der Waals surface area contributed by atoms with Gasteiger partial charge < -0.3 is 10.1 Å². The molecule has 0 radical (unpaired) electrons. The number of nitrogens with zero attached hydrogens (tertiary/aromatic N) is 2. The topological polar surface area (TPSA) is 56.1 Å². The number of fused-ring (bicyclic) bond motifs is 1. The minimum atomic E-state index is -0.192. The van der Waals surface area contributed by atoms with Crippen LogP contribution >= 0.6 is 11.8 Å². The van der Waals surface area contributed by atoms with Gasteiger partial charge in [-0.1, -0.05) is 35.9 Å². The molecule has 0 fully saturated rings. The fourth-order valence-corrected chi connectivity index (χ4v) is 3.88. The maximum absolute atomic E-state index is 12.5. The van der Waals surface area contributed by atoms with Crippen LogP contribution in [0.2, 0.25) is 0 Å². The first-order valence-electron chi connectivity index (χ1n) is 8.44. The van der Waals surface area contributed by atoms with E-state index >= 15 is 0 Å². The number of para-hydroxylation sites is 1. The summed E-state index contributed by atoms with van der Waals surface area (Å²) in [6, 6.07) is 17.5. The molecule has 0 aliphatic carbocycles. The van der Waals surface area contributed by atoms with Gasteiger partial charge in [0.15, 0.2) is 6.61 Å². The molecule has 0 bridgehead atoms. The number of carbonyl (C=O) groups is 1. The van der Waals surface area contributed by atoms with Gasteiger partial charge in [0, 0.05) is 17.1 Å². The van der Waals surface area contributed by atoms with Gasteiger partial charge >= 0.3 is 0 Å². The molecule has 2 aromatic carbocycles. The number of aromatic nitrogens is 2. The zero-order chi connectivity index (χ0) is 17.9. The highest BCUT2D eigenvalue weighted by molar-refractivity contribution is 7.98. The van der Waals surface area contributed by atoms with Crippen LogP contribution in [0.15, 0.2) is 54.6 Å². The number of benzene rings is 2. The molecule has 4 rings (SSSR count). The molecular weight excluding hydrogens is 346 g/mol. The number of aryl methyl sites for hydroxylation is 1. The number of rotatable bonds is 5. The van der Waals surface area contributed by atoms with Crippen LogP contribution in [0.4, 0.5) is 5.82 Å². The molecule has 1 aliphatic heterocycles. The largest absolute Gasteiger partial charge is 0.484 e. The Hall–Kier alpha value is -2.73. The second kappa shape index (κ2) is 7.25. The van der Waals surface area contributed by atoms with E-state index in [1.807, 2.05) is 78.0 Å². The Morgan fingerprint density at radius 2 is 1.92 bits per heavy atom. The average Bonchev–Trinajstić information content (AvgIpc) is 3.25. The summed E-state index contributed by atoms with van der Waals surface area (Å²) in [4.78, 5) is 12.5. The number of hydrogen-bond donors (Lipinski definition) is 1. The fourth-order valence-electron chi connectivity index (χ4n) is 2.85. The summed E-state index contributed by atoms with van der Waals surface area (Å²) in [6.07, 6.45) is 0. The molecular formula is C20H19N3O2S. The van der Waals surface area contributed by atoms with Gasteiger partial charge in [-0.2, -0.15) is 16.9 Å². The van der Waals surface area contributed by atoms with Crippen molar-refractivity contribution in [2.24, 2.45) is 0 Å². The highest BCUT2D eigenvalue weighted by Gasteiger charge is 2.24. The van der Waals surface area contributed by atoms with Crippen molar-refractivity contribution in [2.45, 2.75) is 18.4 Å². The second-order valence-electron chi connectivity index (χ2n) is 6.16. The first-order chi connectivity index (χ1) is 12.7. The molecule has 0 saturated heterocycles.